The molecule has 0 saturated carbocycles. The molecule has 0 aliphatic carbocycles. The first-order chi connectivity index (χ1) is 3.84. The van der Waals surface area contributed by atoms with Crippen molar-refractivity contribution in [2.24, 2.45) is 7.05 Å². The van der Waals surface area contributed by atoms with Crippen molar-refractivity contribution in [1.82, 2.24) is 0 Å². The van der Waals surface area contributed by atoms with Crippen molar-refractivity contribution in [1.29, 1.82) is 0 Å². The number of aryl methyl sites for hydroxylation is 1. The number of hydrogen-bond acceptors (Lipinski definition) is 2. The van der Waals surface area contributed by atoms with E-state index in [1.165, 1.54) is 0 Å². The van der Waals surface area contributed by atoms with E-state index in [4.69, 9.17) is 4.52 Å². The quantitative estimate of drug-likeness (QED) is 0.525. The molecule has 1 aromatic rings. The molecule has 0 amide bonds. The highest BCUT2D eigenvalue weighted by molar-refractivity contribution is 5.23. The van der Waals surface area contributed by atoms with E-state index in [1.54, 1.807) is 11.0 Å². The van der Waals surface area contributed by atoms with Gasteiger partial charge in [-0.15, -0.1) is 0 Å². The number of nitrogens with zero attached hydrogens (tertiary/aromatic N) is 1. The van der Waals surface area contributed by atoms with E-state index in [2.05, 4.69) is 5.32 Å². The molecule has 1 rings (SSSR count). The maximum Gasteiger partial charge on any atom is 0.311 e. The fraction of sp³-hybridized carbons (Fsp3) is 0.400. The van der Waals surface area contributed by atoms with E-state index in [9.17, 15) is 0 Å². The second-order valence-corrected chi connectivity index (χ2v) is 1.54. The van der Waals surface area contributed by atoms with Gasteiger partial charge in [0.25, 0.3) is 0 Å². The molecule has 0 fully saturated rings. The maximum absolute atomic E-state index is 4.91. The Bertz CT molecular complexity index is 171. The monoisotopic (exact) mass is 113 g/mol. The summed E-state index contributed by atoms with van der Waals surface area (Å²) in [6.07, 6.45) is 1.63. The smallest absolute Gasteiger partial charge is 0.309 e. The largest absolute Gasteiger partial charge is 0.311 e. The summed E-state index contributed by atoms with van der Waals surface area (Å²) in [7, 11) is 3.69. The summed E-state index contributed by atoms with van der Waals surface area (Å²) < 4.78 is 6.56. The van der Waals surface area contributed by atoms with Crippen LogP contribution in [-0.2, 0) is 7.05 Å². The van der Waals surface area contributed by atoms with Gasteiger partial charge in [0.15, 0.2) is 6.26 Å². The average Bonchev–Trinajstić information content (AvgIpc) is 2.14. The molecule has 0 aromatic carbocycles. The van der Waals surface area contributed by atoms with Crippen LogP contribution >= 0.6 is 0 Å². The van der Waals surface area contributed by atoms with E-state index >= 15 is 0 Å². The van der Waals surface area contributed by atoms with E-state index in [0.717, 1.165) is 5.82 Å². The molecule has 1 heterocycles. The molecule has 0 saturated heterocycles. The maximum atomic E-state index is 4.91. The zero-order valence-corrected chi connectivity index (χ0v) is 5.01. The molecule has 0 bridgehead atoms. The van der Waals surface area contributed by atoms with Gasteiger partial charge >= 0.3 is 5.82 Å². The lowest BCUT2D eigenvalue weighted by Gasteiger charge is -1.83. The van der Waals surface area contributed by atoms with E-state index in [0.29, 0.717) is 0 Å². The first-order valence-corrected chi connectivity index (χ1v) is 2.46. The summed E-state index contributed by atoms with van der Waals surface area (Å²) in [5.74, 6) is 0.977. The Morgan fingerprint density at radius 1 is 1.75 bits per heavy atom. The van der Waals surface area contributed by atoms with Gasteiger partial charge in [0, 0.05) is 0 Å². The molecular formula is C5H9N2O+. The van der Waals surface area contributed by atoms with Crippen LogP contribution in [0.25, 0.3) is 0 Å². The van der Waals surface area contributed by atoms with Crippen LogP contribution in [0.5, 0.6) is 0 Å². The van der Waals surface area contributed by atoms with Crippen LogP contribution in [0.1, 0.15) is 0 Å². The van der Waals surface area contributed by atoms with E-state index in [1.807, 2.05) is 20.2 Å². The SMILES string of the molecule is CNc1cco[n+]1C. The van der Waals surface area contributed by atoms with Gasteiger partial charge in [0.05, 0.1) is 13.1 Å². The van der Waals surface area contributed by atoms with Crippen molar-refractivity contribution in [3.63, 3.8) is 0 Å². The van der Waals surface area contributed by atoms with Gasteiger partial charge in [-0.1, -0.05) is 4.74 Å². The number of nitrogens with one attached hydrogen (secondary N) is 1. The average molecular weight is 113 g/mol. The Hall–Kier alpha value is -0.990. The van der Waals surface area contributed by atoms with Gasteiger partial charge in [0.1, 0.15) is 7.05 Å². The molecule has 0 spiro atoms. The Kier molecular flexibility index (Phi) is 1.20. The van der Waals surface area contributed by atoms with Crippen LogP contribution in [-0.4, -0.2) is 7.05 Å². The van der Waals surface area contributed by atoms with Crippen LogP contribution in [0.2, 0.25) is 0 Å². The van der Waals surface area contributed by atoms with Gasteiger partial charge in [-0.05, 0) is 0 Å². The minimum absolute atomic E-state index is 0.977. The topological polar surface area (TPSA) is 29.1 Å². The van der Waals surface area contributed by atoms with Gasteiger partial charge in [-0.25, -0.2) is 0 Å². The molecule has 0 aliphatic rings. The summed E-state index contributed by atoms with van der Waals surface area (Å²) in [5, 5.41) is 2.94. The minimum Gasteiger partial charge on any atom is -0.309 e. The number of hydrogen-bond donors (Lipinski definition) is 1. The zero-order chi connectivity index (χ0) is 5.98. The second-order valence-electron chi connectivity index (χ2n) is 1.54. The number of rotatable bonds is 1. The molecule has 3 nitrogen and oxygen atoms in total. The summed E-state index contributed by atoms with van der Waals surface area (Å²) in [6.45, 7) is 0. The second kappa shape index (κ2) is 1.86. The van der Waals surface area contributed by atoms with Crippen molar-refractivity contribution in [3.05, 3.63) is 12.3 Å². The third-order valence-corrected chi connectivity index (χ3v) is 1.04. The predicted octanol–water partition coefficient (Wildman–Crippen LogP) is 0.146. The first kappa shape index (κ1) is 5.15. The molecule has 0 aliphatic heterocycles. The molecule has 3 heteroatoms. The van der Waals surface area contributed by atoms with E-state index in [-0.39, 0.29) is 0 Å². The lowest BCUT2D eigenvalue weighted by atomic mass is 10.6. The highest BCUT2D eigenvalue weighted by Crippen LogP contribution is 1.93. The van der Waals surface area contributed by atoms with Crippen LogP contribution in [0.3, 0.4) is 0 Å². The molecule has 8 heavy (non-hydrogen) atoms. The van der Waals surface area contributed by atoms with E-state index < -0.39 is 0 Å². The fourth-order valence-corrected chi connectivity index (χ4v) is 0.589. The highest BCUT2D eigenvalue weighted by Gasteiger charge is 2.01. The third kappa shape index (κ3) is 0.665. The minimum atomic E-state index is 0.977. The van der Waals surface area contributed by atoms with Crippen molar-refractivity contribution < 1.29 is 9.26 Å². The Morgan fingerprint density at radius 3 is 2.75 bits per heavy atom. The number of aromatic nitrogens is 1. The van der Waals surface area contributed by atoms with Crippen LogP contribution in [0, 0.1) is 0 Å². The molecule has 1 aromatic heterocycles. The van der Waals surface area contributed by atoms with Gasteiger partial charge in [0.2, 0.25) is 0 Å². The predicted molar refractivity (Wildman–Crippen MR) is 29.4 cm³/mol. The first-order valence-electron chi connectivity index (χ1n) is 2.46. The Morgan fingerprint density at radius 2 is 2.50 bits per heavy atom. The summed E-state index contributed by atoms with van der Waals surface area (Å²) in [5.41, 5.74) is 0. The molecular weight excluding hydrogens is 104 g/mol. The van der Waals surface area contributed by atoms with Crippen LogP contribution in [0.15, 0.2) is 16.9 Å². The Balaban J connectivity index is 2.92. The summed E-state index contributed by atoms with van der Waals surface area (Å²) in [4.78, 5) is 0. The van der Waals surface area contributed by atoms with Crippen molar-refractivity contribution in [2.45, 2.75) is 0 Å². The van der Waals surface area contributed by atoms with Gasteiger partial charge < -0.3 is 4.52 Å². The summed E-state index contributed by atoms with van der Waals surface area (Å²) in [6, 6.07) is 1.86. The fourth-order valence-electron chi connectivity index (χ4n) is 0.589. The van der Waals surface area contributed by atoms with Crippen LogP contribution in [0.4, 0.5) is 5.82 Å². The molecule has 0 radical (unpaired) electrons. The lowest BCUT2D eigenvalue weighted by molar-refractivity contribution is -0.833. The van der Waals surface area contributed by atoms with Gasteiger partial charge in [-0.3, -0.25) is 5.32 Å². The normalized spacial score (nSPS) is 9.25. The van der Waals surface area contributed by atoms with Crippen molar-refractivity contribution >= 4 is 5.82 Å². The number of anilines is 1. The third-order valence-electron chi connectivity index (χ3n) is 1.04. The Labute approximate surface area is 47.9 Å². The van der Waals surface area contributed by atoms with Gasteiger partial charge in [-0.2, -0.15) is 0 Å². The zero-order valence-electron chi connectivity index (χ0n) is 5.01. The molecule has 0 atom stereocenters. The summed E-state index contributed by atoms with van der Waals surface area (Å²) >= 11 is 0. The molecule has 0 unspecified atom stereocenters. The van der Waals surface area contributed by atoms with Crippen molar-refractivity contribution in [3.8, 4) is 0 Å². The van der Waals surface area contributed by atoms with Crippen molar-refractivity contribution in [2.75, 3.05) is 12.4 Å². The highest BCUT2D eigenvalue weighted by atomic mass is 16.5. The lowest BCUT2D eigenvalue weighted by Crippen LogP contribution is -2.27. The van der Waals surface area contributed by atoms with Crippen LogP contribution < -0.4 is 10.1 Å². The molecule has 1 N–H and O–H groups in total. The molecule has 44 valence electrons. The standard InChI is InChI=1S/C5H8N2O/c1-6-5-3-4-8-7(5)2/h3-4H,1-2H3/p+1.